The van der Waals surface area contributed by atoms with E-state index in [1.165, 1.54) is 0 Å². The first-order chi connectivity index (χ1) is 9.98. The van der Waals surface area contributed by atoms with E-state index in [0.29, 0.717) is 16.6 Å². The topological polar surface area (TPSA) is 59.3 Å². The second-order valence-electron chi connectivity index (χ2n) is 6.45. The first-order valence-electron chi connectivity index (χ1n) is 7.25. The Morgan fingerprint density at radius 3 is 2.86 bits per heavy atom. The van der Waals surface area contributed by atoms with Crippen LogP contribution in [0, 0.1) is 15.5 Å². The molecule has 0 saturated carbocycles. The highest BCUT2D eigenvalue weighted by Crippen LogP contribution is 2.39. The van der Waals surface area contributed by atoms with Gasteiger partial charge in [-0.25, -0.2) is 0 Å². The van der Waals surface area contributed by atoms with E-state index in [4.69, 9.17) is 0 Å². The molecule has 1 fully saturated rings. The second-order valence-corrected chi connectivity index (χ2v) is 6.45. The molecule has 1 aliphatic rings. The fraction of sp³-hybridized carbons (Fsp3) is 0.438. The SMILES string of the molecule is CC1(C)CCCN(c2ccc3ncccc3c2[N+](=O)[O-])C1. The molecule has 3 rings (SSSR count). The molecule has 0 spiro atoms. The summed E-state index contributed by atoms with van der Waals surface area (Å²) in [5.41, 5.74) is 1.76. The minimum atomic E-state index is -0.277. The van der Waals surface area contributed by atoms with Crippen LogP contribution >= 0.6 is 0 Å². The van der Waals surface area contributed by atoms with E-state index in [1.807, 2.05) is 12.1 Å². The Labute approximate surface area is 123 Å². The van der Waals surface area contributed by atoms with E-state index in [1.54, 1.807) is 18.3 Å². The quantitative estimate of drug-likeness (QED) is 0.622. The lowest BCUT2D eigenvalue weighted by Gasteiger charge is -2.39. The van der Waals surface area contributed by atoms with Gasteiger partial charge in [0.05, 0.1) is 15.8 Å². The summed E-state index contributed by atoms with van der Waals surface area (Å²) >= 11 is 0. The molecule has 0 radical (unpaired) electrons. The lowest BCUT2D eigenvalue weighted by Crippen LogP contribution is -2.40. The second kappa shape index (κ2) is 4.98. The first-order valence-corrected chi connectivity index (χ1v) is 7.25. The molecule has 5 nitrogen and oxygen atoms in total. The Balaban J connectivity index is 2.14. The van der Waals surface area contributed by atoms with E-state index < -0.39 is 0 Å². The van der Waals surface area contributed by atoms with Crippen LogP contribution < -0.4 is 4.90 Å². The predicted molar refractivity (Wildman–Crippen MR) is 83.6 cm³/mol. The average molecular weight is 285 g/mol. The van der Waals surface area contributed by atoms with Gasteiger partial charge in [0.25, 0.3) is 0 Å². The van der Waals surface area contributed by atoms with E-state index in [0.717, 1.165) is 25.9 Å². The van der Waals surface area contributed by atoms with Gasteiger partial charge in [-0.2, -0.15) is 0 Å². The summed E-state index contributed by atoms with van der Waals surface area (Å²) < 4.78 is 0. The van der Waals surface area contributed by atoms with Crippen molar-refractivity contribution in [2.24, 2.45) is 5.41 Å². The molecular weight excluding hydrogens is 266 g/mol. The van der Waals surface area contributed by atoms with Crippen molar-refractivity contribution < 1.29 is 4.92 Å². The van der Waals surface area contributed by atoms with Crippen molar-refractivity contribution in [3.05, 3.63) is 40.6 Å². The van der Waals surface area contributed by atoms with Gasteiger partial charge in [-0.15, -0.1) is 0 Å². The van der Waals surface area contributed by atoms with Crippen molar-refractivity contribution in [2.45, 2.75) is 26.7 Å². The average Bonchev–Trinajstić information content (AvgIpc) is 2.44. The molecule has 21 heavy (non-hydrogen) atoms. The Morgan fingerprint density at radius 1 is 1.33 bits per heavy atom. The monoisotopic (exact) mass is 285 g/mol. The van der Waals surface area contributed by atoms with Crippen molar-refractivity contribution in [3.63, 3.8) is 0 Å². The Bertz CT molecular complexity index is 697. The van der Waals surface area contributed by atoms with Crippen molar-refractivity contribution in [3.8, 4) is 0 Å². The van der Waals surface area contributed by atoms with Gasteiger partial charge in [0.1, 0.15) is 5.69 Å². The largest absolute Gasteiger partial charge is 0.365 e. The predicted octanol–water partition coefficient (Wildman–Crippen LogP) is 3.77. The molecule has 1 saturated heterocycles. The smallest absolute Gasteiger partial charge is 0.301 e. The number of fused-ring (bicyclic) bond motifs is 1. The van der Waals surface area contributed by atoms with Crippen LogP contribution in [0.5, 0.6) is 0 Å². The number of piperidine rings is 1. The van der Waals surface area contributed by atoms with Gasteiger partial charge in [-0.3, -0.25) is 15.1 Å². The lowest BCUT2D eigenvalue weighted by atomic mass is 9.84. The third-order valence-electron chi connectivity index (χ3n) is 4.16. The van der Waals surface area contributed by atoms with Crippen LogP contribution in [0.2, 0.25) is 0 Å². The number of nitro groups is 1. The van der Waals surface area contributed by atoms with Gasteiger partial charge in [0, 0.05) is 19.3 Å². The van der Waals surface area contributed by atoms with Gasteiger partial charge >= 0.3 is 5.69 Å². The zero-order chi connectivity index (χ0) is 15.0. The number of benzene rings is 1. The summed E-state index contributed by atoms with van der Waals surface area (Å²) in [4.78, 5) is 17.7. The Kier molecular flexibility index (Phi) is 3.27. The Hall–Kier alpha value is -2.17. The molecule has 1 aromatic heterocycles. The molecule has 2 aromatic rings. The fourth-order valence-electron chi connectivity index (χ4n) is 3.20. The van der Waals surface area contributed by atoms with Gasteiger partial charge in [0.15, 0.2) is 0 Å². The van der Waals surface area contributed by atoms with Crippen LogP contribution in [0.25, 0.3) is 10.9 Å². The molecule has 0 N–H and O–H groups in total. The number of nitro benzene ring substituents is 1. The van der Waals surface area contributed by atoms with Crippen molar-refractivity contribution >= 4 is 22.3 Å². The van der Waals surface area contributed by atoms with E-state index in [9.17, 15) is 10.1 Å². The number of hydrogen-bond donors (Lipinski definition) is 0. The fourth-order valence-corrected chi connectivity index (χ4v) is 3.20. The van der Waals surface area contributed by atoms with Crippen LogP contribution in [-0.2, 0) is 0 Å². The van der Waals surface area contributed by atoms with Crippen LogP contribution in [0.15, 0.2) is 30.5 Å². The minimum Gasteiger partial charge on any atom is -0.365 e. The number of pyridine rings is 1. The highest BCUT2D eigenvalue weighted by Gasteiger charge is 2.31. The maximum atomic E-state index is 11.6. The standard InChI is InChI=1S/C16H19N3O2/c1-16(2)8-4-10-18(11-16)14-7-6-13-12(5-3-9-17-13)15(14)19(20)21/h3,5-7,9H,4,8,10-11H2,1-2H3. The molecule has 0 atom stereocenters. The normalized spacial score (nSPS) is 17.9. The summed E-state index contributed by atoms with van der Waals surface area (Å²) in [5.74, 6) is 0. The van der Waals surface area contributed by atoms with Crippen LogP contribution in [0.4, 0.5) is 11.4 Å². The highest BCUT2D eigenvalue weighted by atomic mass is 16.6. The zero-order valence-electron chi connectivity index (χ0n) is 12.4. The van der Waals surface area contributed by atoms with Gasteiger partial charge in [-0.05, 0) is 42.5 Å². The van der Waals surface area contributed by atoms with Crippen molar-refractivity contribution in [2.75, 3.05) is 18.0 Å². The maximum absolute atomic E-state index is 11.6. The van der Waals surface area contributed by atoms with E-state index >= 15 is 0 Å². The van der Waals surface area contributed by atoms with E-state index in [2.05, 4.69) is 23.7 Å². The lowest BCUT2D eigenvalue weighted by molar-refractivity contribution is -0.382. The van der Waals surface area contributed by atoms with Crippen LogP contribution in [0.3, 0.4) is 0 Å². The first kappa shape index (κ1) is 13.8. The highest BCUT2D eigenvalue weighted by molar-refractivity contribution is 5.94. The third-order valence-corrected chi connectivity index (χ3v) is 4.16. The van der Waals surface area contributed by atoms with Crippen LogP contribution in [-0.4, -0.2) is 23.0 Å². The van der Waals surface area contributed by atoms with Gasteiger partial charge < -0.3 is 4.90 Å². The summed E-state index contributed by atoms with van der Waals surface area (Å²) in [6.07, 6.45) is 3.89. The summed E-state index contributed by atoms with van der Waals surface area (Å²) in [6, 6.07) is 7.24. The zero-order valence-corrected chi connectivity index (χ0v) is 12.4. The third kappa shape index (κ3) is 2.55. The number of nitrogens with zero attached hydrogens (tertiary/aromatic N) is 3. The molecule has 2 heterocycles. The number of rotatable bonds is 2. The number of hydrogen-bond acceptors (Lipinski definition) is 4. The number of aromatic nitrogens is 1. The molecule has 0 amide bonds. The summed E-state index contributed by atoms with van der Waals surface area (Å²) in [6.45, 7) is 6.15. The molecule has 0 unspecified atom stereocenters. The van der Waals surface area contributed by atoms with Gasteiger partial charge in [0.2, 0.25) is 0 Å². The van der Waals surface area contributed by atoms with Gasteiger partial charge in [-0.1, -0.05) is 13.8 Å². The molecule has 110 valence electrons. The van der Waals surface area contributed by atoms with Crippen molar-refractivity contribution in [1.82, 2.24) is 4.98 Å². The molecule has 1 aromatic carbocycles. The maximum Gasteiger partial charge on any atom is 0.301 e. The van der Waals surface area contributed by atoms with E-state index in [-0.39, 0.29) is 16.0 Å². The molecular formula is C16H19N3O2. The van der Waals surface area contributed by atoms with Crippen LogP contribution in [0.1, 0.15) is 26.7 Å². The summed E-state index contributed by atoms with van der Waals surface area (Å²) in [5, 5.41) is 12.2. The molecule has 1 aliphatic heterocycles. The Morgan fingerprint density at radius 2 is 2.14 bits per heavy atom. The molecule has 0 aliphatic carbocycles. The van der Waals surface area contributed by atoms with Crippen molar-refractivity contribution in [1.29, 1.82) is 0 Å². The number of anilines is 1. The molecule has 5 heteroatoms. The minimum absolute atomic E-state index is 0.179. The summed E-state index contributed by atoms with van der Waals surface area (Å²) in [7, 11) is 0. The molecule has 0 bridgehead atoms.